The van der Waals surface area contributed by atoms with Crippen LogP contribution in [0.4, 0.5) is 5.82 Å². The smallest absolute Gasteiger partial charge is 0.271 e. The van der Waals surface area contributed by atoms with Gasteiger partial charge in [0, 0.05) is 12.6 Å². The van der Waals surface area contributed by atoms with Gasteiger partial charge in [0.25, 0.3) is 5.91 Å². The van der Waals surface area contributed by atoms with Crippen LogP contribution in [-0.2, 0) is 0 Å². The Morgan fingerprint density at radius 2 is 2.05 bits per heavy atom. The number of nitrogens with one attached hydrogen (secondary N) is 2. The van der Waals surface area contributed by atoms with Gasteiger partial charge in [0.2, 0.25) is 0 Å². The van der Waals surface area contributed by atoms with Crippen LogP contribution in [0.5, 0.6) is 0 Å². The van der Waals surface area contributed by atoms with Crippen LogP contribution in [0, 0.1) is 5.92 Å². The number of anilines is 1. The Bertz CT molecular complexity index is 446. The van der Waals surface area contributed by atoms with Crippen molar-refractivity contribution in [2.24, 2.45) is 5.92 Å². The Labute approximate surface area is 127 Å². The fourth-order valence-corrected chi connectivity index (χ4v) is 2.92. The lowest BCUT2D eigenvalue weighted by Crippen LogP contribution is -2.42. The van der Waals surface area contributed by atoms with Crippen molar-refractivity contribution in [1.29, 1.82) is 0 Å². The van der Waals surface area contributed by atoms with Gasteiger partial charge in [-0.3, -0.25) is 4.79 Å². The highest BCUT2D eigenvalue weighted by Gasteiger charge is 2.25. The van der Waals surface area contributed by atoms with E-state index in [2.05, 4.69) is 34.4 Å². The van der Waals surface area contributed by atoms with E-state index in [1.165, 1.54) is 19.3 Å². The summed E-state index contributed by atoms with van der Waals surface area (Å²) in [4.78, 5) is 20.7. The highest BCUT2D eigenvalue weighted by molar-refractivity contribution is 5.92. The number of hydrogen-bond donors (Lipinski definition) is 2. The molecule has 2 rings (SSSR count). The number of nitrogens with zero attached hydrogens (tertiary/aromatic N) is 2. The van der Waals surface area contributed by atoms with Crippen molar-refractivity contribution in [1.82, 2.24) is 15.3 Å². The fourth-order valence-electron chi connectivity index (χ4n) is 2.92. The number of amides is 1. The van der Waals surface area contributed by atoms with Crippen LogP contribution in [-0.4, -0.2) is 28.5 Å². The molecule has 0 spiro atoms. The van der Waals surface area contributed by atoms with E-state index in [-0.39, 0.29) is 11.9 Å². The molecule has 1 aromatic heterocycles. The Morgan fingerprint density at radius 1 is 1.24 bits per heavy atom. The predicted molar refractivity (Wildman–Crippen MR) is 84.3 cm³/mol. The first-order chi connectivity index (χ1) is 10.2. The van der Waals surface area contributed by atoms with E-state index in [0.29, 0.717) is 11.6 Å². The van der Waals surface area contributed by atoms with Crippen LogP contribution < -0.4 is 10.6 Å². The van der Waals surface area contributed by atoms with Crippen molar-refractivity contribution in [2.45, 2.75) is 58.4 Å². The molecule has 0 bridgehead atoms. The molecule has 1 amide bonds. The van der Waals surface area contributed by atoms with Crippen LogP contribution in [0.1, 0.15) is 62.9 Å². The maximum Gasteiger partial charge on any atom is 0.271 e. The zero-order chi connectivity index (χ0) is 15.1. The molecule has 1 aromatic rings. The number of carbonyl (C=O) groups is 1. The van der Waals surface area contributed by atoms with E-state index in [0.717, 1.165) is 31.6 Å². The number of aromatic nitrogens is 2. The summed E-state index contributed by atoms with van der Waals surface area (Å²) in [6.45, 7) is 5.15. The first kappa shape index (κ1) is 15.7. The van der Waals surface area contributed by atoms with Gasteiger partial charge in [-0.25, -0.2) is 9.97 Å². The summed E-state index contributed by atoms with van der Waals surface area (Å²) in [5.74, 6) is 1.22. The Hall–Kier alpha value is -1.65. The normalized spacial score (nSPS) is 21.8. The SMILES string of the molecule is CCCNc1cnc(C(=O)NC2CCCCC2CC)cn1. The van der Waals surface area contributed by atoms with Crippen molar-refractivity contribution in [3.8, 4) is 0 Å². The second-order valence-electron chi connectivity index (χ2n) is 5.75. The maximum atomic E-state index is 12.3. The molecule has 1 aliphatic carbocycles. The highest BCUT2D eigenvalue weighted by Crippen LogP contribution is 2.26. The van der Waals surface area contributed by atoms with Gasteiger partial charge in [-0.2, -0.15) is 0 Å². The molecule has 1 aliphatic rings. The lowest BCUT2D eigenvalue weighted by molar-refractivity contribution is 0.0899. The summed E-state index contributed by atoms with van der Waals surface area (Å²) in [6, 6.07) is 0.288. The molecule has 2 N–H and O–H groups in total. The molecule has 5 nitrogen and oxygen atoms in total. The third-order valence-corrected chi connectivity index (χ3v) is 4.19. The van der Waals surface area contributed by atoms with Crippen LogP contribution in [0.15, 0.2) is 12.4 Å². The molecular weight excluding hydrogens is 264 g/mol. The second kappa shape index (κ2) is 7.96. The van der Waals surface area contributed by atoms with Gasteiger partial charge in [0.05, 0.1) is 12.4 Å². The summed E-state index contributed by atoms with van der Waals surface area (Å²) < 4.78 is 0. The maximum absolute atomic E-state index is 12.3. The monoisotopic (exact) mass is 290 g/mol. The van der Waals surface area contributed by atoms with E-state index in [4.69, 9.17) is 0 Å². The van der Waals surface area contributed by atoms with Gasteiger partial charge in [0.15, 0.2) is 0 Å². The zero-order valence-corrected chi connectivity index (χ0v) is 13.1. The lowest BCUT2D eigenvalue weighted by atomic mass is 9.83. The minimum atomic E-state index is -0.102. The molecule has 5 heteroatoms. The molecule has 21 heavy (non-hydrogen) atoms. The van der Waals surface area contributed by atoms with Crippen molar-refractivity contribution < 1.29 is 4.79 Å². The molecular formula is C16H26N4O. The molecule has 1 saturated carbocycles. The summed E-state index contributed by atoms with van der Waals surface area (Å²) in [5, 5.41) is 6.29. The van der Waals surface area contributed by atoms with Gasteiger partial charge < -0.3 is 10.6 Å². The minimum absolute atomic E-state index is 0.102. The van der Waals surface area contributed by atoms with Crippen LogP contribution in [0.2, 0.25) is 0 Å². The quantitative estimate of drug-likeness (QED) is 0.845. The third-order valence-electron chi connectivity index (χ3n) is 4.19. The molecule has 2 atom stereocenters. The topological polar surface area (TPSA) is 66.9 Å². The second-order valence-corrected chi connectivity index (χ2v) is 5.75. The molecule has 0 aliphatic heterocycles. The van der Waals surface area contributed by atoms with Crippen molar-refractivity contribution in [3.63, 3.8) is 0 Å². The van der Waals surface area contributed by atoms with E-state index >= 15 is 0 Å². The summed E-state index contributed by atoms with van der Waals surface area (Å²) in [7, 11) is 0. The van der Waals surface area contributed by atoms with Crippen molar-refractivity contribution >= 4 is 11.7 Å². The van der Waals surface area contributed by atoms with Gasteiger partial charge in [0.1, 0.15) is 11.5 Å². The molecule has 0 saturated heterocycles. The van der Waals surface area contributed by atoms with E-state index in [1.807, 2.05) is 0 Å². The summed E-state index contributed by atoms with van der Waals surface area (Å²) in [5.41, 5.74) is 0.400. The molecule has 116 valence electrons. The number of hydrogen-bond acceptors (Lipinski definition) is 4. The molecule has 1 fully saturated rings. The largest absolute Gasteiger partial charge is 0.369 e. The van der Waals surface area contributed by atoms with Crippen LogP contribution in [0.3, 0.4) is 0 Å². The van der Waals surface area contributed by atoms with Gasteiger partial charge in [-0.15, -0.1) is 0 Å². The predicted octanol–water partition coefficient (Wildman–Crippen LogP) is 3.00. The van der Waals surface area contributed by atoms with Crippen molar-refractivity contribution in [3.05, 3.63) is 18.1 Å². The first-order valence-corrected chi connectivity index (χ1v) is 8.11. The Kier molecular flexibility index (Phi) is 5.96. The average molecular weight is 290 g/mol. The first-order valence-electron chi connectivity index (χ1n) is 8.11. The highest BCUT2D eigenvalue weighted by atomic mass is 16.1. The minimum Gasteiger partial charge on any atom is -0.369 e. The van der Waals surface area contributed by atoms with E-state index in [9.17, 15) is 4.79 Å². The number of rotatable bonds is 6. The fraction of sp³-hybridized carbons (Fsp3) is 0.688. The molecule has 1 heterocycles. The molecule has 0 aromatic carbocycles. The van der Waals surface area contributed by atoms with Crippen molar-refractivity contribution in [2.75, 3.05) is 11.9 Å². The van der Waals surface area contributed by atoms with Crippen LogP contribution >= 0.6 is 0 Å². The van der Waals surface area contributed by atoms with E-state index < -0.39 is 0 Å². The summed E-state index contributed by atoms with van der Waals surface area (Å²) >= 11 is 0. The van der Waals surface area contributed by atoms with Crippen LogP contribution in [0.25, 0.3) is 0 Å². The Balaban J connectivity index is 1.93. The Morgan fingerprint density at radius 3 is 2.71 bits per heavy atom. The van der Waals surface area contributed by atoms with E-state index in [1.54, 1.807) is 12.4 Å². The van der Waals surface area contributed by atoms with Gasteiger partial charge >= 0.3 is 0 Å². The lowest BCUT2D eigenvalue weighted by Gasteiger charge is -2.31. The third kappa shape index (κ3) is 4.41. The molecule has 2 unspecified atom stereocenters. The summed E-state index contributed by atoms with van der Waals surface area (Å²) in [6.07, 6.45) is 10.1. The standard InChI is InChI=1S/C16H26N4O/c1-3-9-17-15-11-18-14(10-19-15)16(21)20-13-8-6-5-7-12(13)4-2/h10-13H,3-9H2,1-2H3,(H,17,19)(H,20,21). The van der Waals surface area contributed by atoms with Gasteiger partial charge in [-0.1, -0.05) is 33.1 Å². The zero-order valence-electron chi connectivity index (χ0n) is 13.1. The van der Waals surface area contributed by atoms with Gasteiger partial charge in [-0.05, 0) is 25.2 Å². The molecule has 0 radical (unpaired) electrons. The number of carbonyl (C=O) groups excluding carboxylic acids is 1. The average Bonchev–Trinajstić information content (AvgIpc) is 2.54.